The number of carbonyl (C=O) groups excluding carboxylic acids is 3. The van der Waals surface area contributed by atoms with Gasteiger partial charge in [-0.1, -0.05) is 18.2 Å². The summed E-state index contributed by atoms with van der Waals surface area (Å²) in [6, 6.07) is 11.6. The molecule has 0 saturated heterocycles. The van der Waals surface area contributed by atoms with E-state index in [9.17, 15) is 34.8 Å². The largest absolute Gasteiger partial charge is 0.508 e. The third kappa shape index (κ3) is 3.91. The summed E-state index contributed by atoms with van der Waals surface area (Å²) in [5.74, 6) is -6.80. The molecule has 7 N–H and O–H groups in total. The van der Waals surface area contributed by atoms with E-state index < -0.39 is 64.0 Å². The fraction of sp³-hybridized carbons (Fsp3) is 0.345. The summed E-state index contributed by atoms with van der Waals surface area (Å²) in [6.07, 6.45) is 0.0184. The maximum atomic E-state index is 14.2. The SMILES string of the molecule is CNc1ccc(O)c2c1[C@H](CSc1ccccc1)[C@H]1C[C@H]3[C@H](N(C)C)C(=O)C(C(N)=O)=C(O)[C@@]3(O)C(=O)C1=C2O. The molecule has 2 aromatic rings. The van der Waals surface area contributed by atoms with Gasteiger partial charge < -0.3 is 31.5 Å². The summed E-state index contributed by atoms with van der Waals surface area (Å²) in [6.45, 7) is 0. The Bertz CT molecular complexity index is 1490. The molecule has 0 aromatic heterocycles. The summed E-state index contributed by atoms with van der Waals surface area (Å²) >= 11 is 1.53. The Hall–Kier alpha value is -3.80. The second kappa shape index (κ2) is 9.99. The second-order valence-electron chi connectivity index (χ2n) is 10.6. The van der Waals surface area contributed by atoms with Crippen LogP contribution < -0.4 is 11.1 Å². The molecule has 0 heterocycles. The highest BCUT2D eigenvalue weighted by molar-refractivity contribution is 7.99. The smallest absolute Gasteiger partial charge is 0.255 e. The standard InChI is InChI=1S/C29H31N3O7S/c1-31-17-9-10-18(33)21-19(17)15(12-40-13-7-5-4-6-8-13)14-11-16-23(32(2)3)25(35)22(28(30)38)27(37)29(16,39)26(36)20(14)24(21)34/h4-10,14-16,23,31,33-34,37,39H,11-12H2,1-3H3,(H2,30,38)/t14-,15-,16+,23+,29+/m1/s1. The number of nitrogens with one attached hydrogen (secondary N) is 1. The number of nitrogens with two attached hydrogens (primary N) is 1. The van der Waals surface area contributed by atoms with Gasteiger partial charge in [0, 0.05) is 40.8 Å². The highest BCUT2D eigenvalue weighted by Crippen LogP contribution is 2.58. The number of likely N-dealkylation sites (N-methyl/N-ethyl adjacent to an activating group) is 1. The van der Waals surface area contributed by atoms with E-state index in [1.807, 2.05) is 30.3 Å². The summed E-state index contributed by atoms with van der Waals surface area (Å²) in [4.78, 5) is 42.3. The molecule has 0 spiro atoms. The molecule has 210 valence electrons. The van der Waals surface area contributed by atoms with Gasteiger partial charge in [0.2, 0.25) is 5.78 Å². The minimum atomic E-state index is -2.68. The molecule has 1 saturated carbocycles. The molecule has 0 aliphatic heterocycles. The highest BCUT2D eigenvalue weighted by Gasteiger charge is 2.65. The quantitative estimate of drug-likeness (QED) is 0.173. The van der Waals surface area contributed by atoms with Gasteiger partial charge in [0.25, 0.3) is 5.91 Å². The Morgan fingerprint density at radius 1 is 1.12 bits per heavy atom. The maximum absolute atomic E-state index is 14.2. The molecule has 11 heteroatoms. The maximum Gasteiger partial charge on any atom is 0.255 e. The molecule has 0 bridgehead atoms. The summed E-state index contributed by atoms with van der Waals surface area (Å²) < 4.78 is 0. The predicted molar refractivity (Wildman–Crippen MR) is 150 cm³/mol. The van der Waals surface area contributed by atoms with Crippen molar-refractivity contribution in [1.29, 1.82) is 0 Å². The van der Waals surface area contributed by atoms with Crippen molar-refractivity contribution >= 4 is 40.7 Å². The van der Waals surface area contributed by atoms with Crippen LogP contribution in [0.4, 0.5) is 5.69 Å². The number of thioether (sulfide) groups is 1. The van der Waals surface area contributed by atoms with Crippen LogP contribution in [0.5, 0.6) is 5.75 Å². The average Bonchev–Trinajstić information content (AvgIpc) is 2.90. The van der Waals surface area contributed by atoms with Crippen LogP contribution in [-0.4, -0.2) is 81.3 Å². The first-order chi connectivity index (χ1) is 18.9. The average molecular weight is 566 g/mol. The molecule has 3 aliphatic carbocycles. The van der Waals surface area contributed by atoms with Gasteiger partial charge >= 0.3 is 0 Å². The molecule has 2 aromatic carbocycles. The van der Waals surface area contributed by atoms with Crippen LogP contribution in [0, 0.1) is 11.8 Å². The topological polar surface area (TPSA) is 173 Å². The van der Waals surface area contributed by atoms with E-state index in [1.165, 1.54) is 22.7 Å². The number of phenolic OH excluding ortho intramolecular Hbond substituents is 1. The summed E-state index contributed by atoms with van der Waals surface area (Å²) in [5, 5.41) is 48.4. The Balaban J connectivity index is 1.75. The van der Waals surface area contributed by atoms with Crippen molar-refractivity contribution in [3.05, 3.63) is 70.5 Å². The van der Waals surface area contributed by atoms with Gasteiger partial charge in [0.15, 0.2) is 11.4 Å². The number of carbonyl (C=O) groups is 3. The molecule has 0 unspecified atom stereocenters. The Morgan fingerprint density at radius 2 is 1.80 bits per heavy atom. The number of anilines is 1. The molecule has 0 radical (unpaired) electrons. The number of aliphatic hydroxyl groups excluding tert-OH is 2. The van der Waals surface area contributed by atoms with Crippen molar-refractivity contribution in [3.63, 3.8) is 0 Å². The van der Waals surface area contributed by atoms with Crippen molar-refractivity contribution in [2.45, 2.75) is 28.9 Å². The number of fused-ring (bicyclic) bond motifs is 3. The Labute approximate surface area is 235 Å². The molecule has 1 fully saturated rings. The van der Waals surface area contributed by atoms with Crippen LogP contribution in [-0.2, 0) is 14.4 Å². The lowest BCUT2D eigenvalue weighted by Crippen LogP contribution is -2.66. The monoisotopic (exact) mass is 565 g/mol. The zero-order valence-corrected chi connectivity index (χ0v) is 23.0. The number of aliphatic hydroxyl groups is 3. The molecule has 5 atom stereocenters. The van der Waals surface area contributed by atoms with Gasteiger partial charge in [-0.2, -0.15) is 0 Å². The number of phenols is 1. The Kier molecular flexibility index (Phi) is 6.93. The van der Waals surface area contributed by atoms with Crippen LogP contribution in [0.3, 0.4) is 0 Å². The highest BCUT2D eigenvalue weighted by atomic mass is 32.2. The molecule has 10 nitrogen and oxygen atoms in total. The summed E-state index contributed by atoms with van der Waals surface area (Å²) in [5.41, 5.74) is 3.03. The molecule has 40 heavy (non-hydrogen) atoms. The number of hydrogen-bond acceptors (Lipinski definition) is 10. The molecule has 1 amide bonds. The van der Waals surface area contributed by atoms with Crippen LogP contribution in [0.2, 0.25) is 0 Å². The first-order valence-electron chi connectivity index (χ1n) is 12.8. The van der Waals surface area contributed by atoms with Crippen LogP contribution in [0.1, 0.15) is 23.5 Å². The third-order valence-corrected chi connectivity index (χ3v) is 9.45. The number of hydrogen-bond donors (Lipinski definition) is 6. The van der Waals surface area contributed by atoms with Gasteiger partial charge in [-0.3, -0.25) is 19.3 Å². The van der Waals surface area contributed by atoms with E-state index >= 15 is 0 Å². The number of nitrogens with zero attached hydrogens (tertiary/aromatic N) is 1. The first kappa shape index (κ1) is 27.8. The van der Waals surface area contributed by atoms with E-state index in [0.29, 0.717) is 17.0 Å². The minimum absolute atomic E-state index is 0.0184. The third-order valence-electron chi connectivity index (χ3n) is 8.32. The zero-order valence-electron chi connectivity index (χ0n) is 22.2. The number of amides is 1. The number of benzene rings is 2. The van der Waals surface area contributed by atoms with E-state index in [2.05, 4.69) is 5.32 Å². The van der Waals surface area contributed by atoms with Gasteiger partial charge in [-0.15, -0.1) is 11.8 Å². The predicted octanol–water partition coefficient (Wildman–Crippen LogP) is 2.34. The van der Waals surface area contributed by atoms with Gasteiger partial charge in [-0.25, -0.2) is 0 Å². The number of aromatic hydroxyl groups is 1. The molecule has 5 rings (SSSR count). The van der Waals surface area contributed by atoms with Gasteiger partial charge in [-0.05, 0) is 56.3 Å². The normalized spacial score (nSPS) is 27.8. The molecular weight excluding hydrogens is 534 g/mol. The van der Waals surface area contributed by atoms with Crippen molar-refractivity contribution < 1.29 is 34.8 Å². The van der Waals surface area contributed by atoms with Gasteiger partial charge in [0.1, 0.15) is 22.8 Å². The van der Waals surface area contributed by atoms with E-state index in [4.69, 9.17) is 5.73 Å². The summed E-state index contributed by atoms with van der Waals surface area (Å²) in [7, 11) is 4.87. The van der Waals surface area contributed by atoms with Crippen molar-refractivity contribution in [2.75, 3.05) is 32.2 Å². The number of primary amides is 1. The van der Waals surface area contributed by atoms with Crippen molar-refractivity contribution in [2.24, 2.45) is 17.6 Å². The Morgan fingerprint density at radius 3 is 2.40 bits per heavy atom. The number of Topliss-reactive ketones (excluding diaryl/α,β-unsaturated/α-hetero) is 2. The van der Waals surface area contributed by atoms with Crippen molar-refractivity contribution in [1.82, 2.24) is 4.90 Å². The number of rotatable bonds is 6. The van der Waals surface area contributed by atoms with Crippen LogP contribution in [0.25, 0.3) is 5.76 Å². The van der Waals surface area contributed by atoms with Crippen LogP contribution in [0.15, 0.2) is 64.3 Å². The first-order valence-corrected chi connectivity index (χ1v) is 13.8. The lowest BCUT2D eigenvalue weighted by Gasteiger charge is -2.51. The fourth-order valence-corrected chi connectivity index (χ4v) is 7.68. The lowest BCUT2D eigenvalue weighted by atomic mass is 9.55. The van der Waals surface area contributed by atoms with Crippen LogP contribution >= 0.6 is 11.8 Å². The lowest BCUT2D eigenvalue weighted by molar-refractivity contribution is -0.154. The second-order valence-corrected chi connectivity index (χ2v) is 11.7. The van der Waals surface area contributed by atoms with E-state index in [1.54, 1.807) is 27.2 Å². The number of ketones is 2. The minimum Gasteiger partial charge on any atom is -0.508 e. The van der Waals surface area contributed by atoms with E-state index in [-0.39, 0.29) is 23.3 Å². The van der Waals surface area contributed by atoms with Gasteiger partial charge in [0.05, 0.1) is 11.6 Å². The fourth-order valence-electron chi connectivity index (χ4n) is 6.56. The van der Waals surface area contributed by atoms with Crippen molar-refractivity contribution in [3.8, 4) is 5.75 Å². The van der Waals surface area contributed by atoms with E-state index in [0.717, 1.165) is 4.90 Å². The molecule has 3 aliphatic rings. The molecular formula is C29H31N3O7S. The zero-order chi connectivity index (χ0) is 29.1.